The lowest BCUT2D eigenvalue weighted by atomic mass is 10.2. The molecule has 0 saturated carbocycles. The van der Waals surface area contributed by atoms with E-state index in [1.807, 2.05) is 30.5 Å². The summed E-state index contributed by atoms with van der Waals surface area (Å²) in [5.74, 6) is 0. The van der Waals surface area contributed by atoms with E-state index >= 15 is 0 Å². The molecule has 0 unspecified atom stereocenters. The van der Waals surface area contributed by atoms with Gasteiger partial charge in [-0.15, -0.1) is 0 Å². The van der Waals surface area contributed by atoms with Gasteiger partial charge in [-0.2, -0.15) is 0 Å². The largest absolute Gasteiger partial charge is 0.329 e. The molecule has 4 nitrogen and oxygen atoms in total. The molecule has 2 aromatic rings. The van der Waals surface area contributed by atoms with Crippen LogP contribution in [0.25, 0.3) is 0 Å². The maximum atomic E-state index is 11.7. The summed E-state index contributed by atoms with van der Waals surface area (Å²) < 4.78 is 1.73. The van der Waals surface area contributed by atoms with Crippen molar-refractivity contribution in [2.45, 2.75) is 13.1 Å². The molecule has 1 aromatic heterocycles. The fourth-order valence-corrected chi connectivity index (χ4v) is 2.19. The van der Waals surface area contributed by atoms with Crippen LogP contribution >= 0.6 is 0 Å². The topological polar surface area (TPSA) is 51.3 Å². The minimum absolute atomic E-state index is 0.0416. The number of pyridine rings is 1. The second-order valence-electron chi connectivity index (χ2n) is 4.78. The minimum atomic E-state index is 0.0416. The quantitative estimate of drug-likeness (QED) is 0.826. The van der Waals surface area contributed by atoms with E-state index in [0.29, 0.717) is 13.1 Å². The van der Waals surface area contributed by atoms with Crippen molar-refractivity contribution in [2.75, 3.05) is 19.6 Å². The van der Waals surface area contributed by atoms with Crippen molar-refractivity contribution in [2.24, 2.45) is 5.73 Å². The van der Waals surface area contributed by atoms with E-state index in [1.54, 1.807) is 16.7 Å². The first kappa shape index (κ1) is 14.5. The third-order valence-corrected chi connectivity index (χ3v) is 3.25. The highest BCUT2D eigenvalue weighted by atomic mass is 16.1. The number of nitrogens with two attached hydrogens (primary N) is 1. The second-order valence-corrected chi connectivity index (χ2v) is 4.78. The molecule has 0 aliphatic rings. The van der Waals surface area contributed by atoms with Gasteiger partial charge in [0.15, 0.2) is 0 Å². The summed E-state index contributed by atoms with van der Waals surface area (Å²) >= 11 is 0. The molecule has 0 atom stereocenters. The maximum Gasteiger partial charge on any atom is 0.250 e. The SMILES string of the molecule is NCCN(CCn1ccccc1=O)Cc1ccccc1. The average Bonchev–Trinajstić information content (AvgIpc) is 2.47. The molecule has 0 amide bonds. The van der Waals surface area contributed by atoms with Gasteiger partial charge in [-0.25, -0.2) is 0 Å². The lowest BCUT2D eigenvalue weighted by Gasteiger charge is -2.22. The average molecular weight is 271 g/mol. The van der Waals surface area contributed by atoms with Crippen LogP contribution in [-0.2, 0) is 13.1 Å². The summed E-state index contributed by atoms with van der Waals surface area (Å²) in [7, 11) is 0. The highest BCUT2D eigenvalue weighted by Gasteiger charge is 2.05. The number of nitrogens with zero attached hydrogens (tertiary/aromatic N) is 2. The van der Waals surface area contributed by atoms with Crippen LogP contribution in [0.2, 0.25) is 0 Å². The van der Waals surface area contributed by atoms with Crippen LogP contribution in [0.5, 0.6) is 0 Å². The molecule has 0 saturated heterocycles. The van der Waals surface area contributed by atoms with Crippen molar-refractivity contribution in [1.29, 1.82) is 0 Å². The number of hydrogen-bond acceptors (Lipinski definition) is 3. The van der Waals surface area contributed by atoms with Crippen LogP contribution in [0, 0.1) is 0 Å². The highest BCUT2D eigenvalue weighted by molar-refractivity contribution is 5.14. The van der Waals surface area contributed by atoms with Crippen molar-refractivity contribution in [3.8, 4) is 0 Å². The summed E-state index contributed by atoms with van der Waals surface area (Å²) in [6.45, 7) is 3.81. The molecule has 0 aliphatic carbocycles. The number of aromatic nitrogens is 1. The second kappa shape index (κ2) is 7.62. The van der Waals surface area contributed by atoms with Crippen molar-refractivity contribution >= 4 is 0 Å². The van der Waals surface area contributed by atoms with E-state index in [9.17, 15) is 4.79 Å². The molecule has 0 spiro atoms. The van der Waals surface area contributed by atoms with Gasteiger partial charge in [-0.05, 0) is 11.6 Å². The fraction of sp³-hybridized carbons (Fsp3) is 0.312. The number of hydrogen-bond donors (Lipinski definition) is 1. The predicted molar refractivity (Wildman–Crippen MR) is 81.5 cm³/mol. The molecule has 0 bridgehead atoms. The van der Waals surface area contributed by atoms with Gasteiger partial charge in [-0.3, -0.25) is 9.69 Å². The maximum absolute atomic E-state index is 11.7. The molecule has 1 aromatic carbocycles. The Bertz CT molecular complexity index is 565. The van der Waals surface area contributed by atoms with Crippen LogP contribution in [0.1, 0.15) is 5.56 Å². The molecule has 1 heterocycles. The molecular weight excluding hydrogens is 250 g/mol. The zero-order valence-corrected chi connectivity index (χ0v) is 11.6. The van der Waals surface area contributed by atoms with Crippen LogP contribution in [-0.4, -0.2) is 29.1 Å². The minimum Gasteiger partial charge on any atom is -0.329 e. The summed E-state index contributed by atoms with van der Waals surface area (Å²) in [6, 6.07) is 15.5. The van der Waals surface area contributed by atoms with Gasteiger partial charge in [-0.1, -0.05) is 36.4 Å². The Kier molecular flexibility index (Phi) is 5.53. The molecule has 106 valence electrons. The first-order valence-electron chi connectivity index (χ1n) is 6.91. The van der Waals surface area contributed by atoms with E-state index in [-0.39, 0.29) is 5.56 Å². The van der Waals surface area contributed by atoms with E-state index in [1.165, 1.54) is 5.56 Å². The first-order chi connectivity index (χ1) is 9.79. The van der Waals surface area contributed by atoms with Crippen LogP contribution < -0.4 is 11.3 Å². The van der Waals surface area contributed by atoms with E-state index in [2.05, 4.69) is 17.0 Å². The Labute approximate surface area is 119 Å². The van der Waals surface area contributed by atoms with Crippen LogP contribution in [0.4, 0.5) is 0 Å². The smallest absolute Gasteiger partial charge is 0.250 e. The summed E-state index contributed by atoms with van der Waals surface area (Å²) in [5, 5.41) is 0. The molecule has 0 fully saturated rings. The van der Waals surface area contributed by atoms with Crippen molar-refractivity contribution in [3.63, 3.8) is 0 Å². The lowest BCUT2D eigenvalue weighted by molar-refractivity contribution is 0.260. The summed E-state index contributed by atoms with van der Waals surface area (Å²) in [5.41, 5.74) is 6.98. The fourth-order valence-electron chi connectivity index (χ4n) is 2.19. The van der Waals surface area contributed by atoms with Gasteiger partial charge in [0, 0.05) is 45.0 Å². The van der Waals surface area contributed by atoms with Gasteiger partial charge in [0.2, 0.25) is 0 Å². The van der Waals surface area contributed by atoms with Gasteiger partial charge in [0.1, 0.15) is 0 Å². The zero-order chi connectivity index (χ0) is 14.2. The number of rotatable bonds is 7. The molecule has 2 N–H and O–H groups in total. The molecule has 0 radical (unpaired) electrons. The Morgan fingerprint density at radius 3 is 2.45 bits per heavy atom. The van der Waals surface area contributed by atoms with Crippen LogP contribution in [0.3, 0.4) is 0 Å². The Morgan fingerprint density at radius 1 is 1.00 bits per heavy atom. The molecular formula is C16H21N3O. The zero-order valence-electron chi connectivity index (χ0n) is 11.6. The standard InChI is InChI=1S/C16H21N3O/c17-9-11-18(14-15-6-2-1-3-7-15)12-13-19-10-5-4-8-16(19)20/h1-8,10H,9,11-14,17H2. The Balaban J connectivity index is 1.96. The van der Waals surface area contributed by atoms with Gasteiger partial charge >= 0.3 is 0 Å². The first-order valence-corrected chi connectivity index (χ1v) is 6.91. The van der Waals surface area contributed by atoms with Gasteiger partial charge in [0.05, 0.1) is 0 Å². The van der Waals surface area contributed by atoms with Crippen molar-refractivity contribution in [3.05, 3.63) is 70.6 Å². The van der Waals surface area contributed by atoms with E-state index in [4.69, 9.17) is 5.73 Å². The van der Waals surface area contributed by atoms with Gasteiger partial charge in [0.25, 0.3) is 5.56 Å². The Hall–Kier alpha value is -1.91. The summed E-state index contributed by atoms with van der Waals surface area (Å²) in [6.07, 6.45) is 1.82. The molecule has 2 rings (SSSR count). The van der Waals surface area contributed by atoms with E-state index < -0.39 is 0 Å². The van der Waals surface area contributed by atoms with Crippen molar-refractivity contribution < 1.29 is 0 Å². The Morgan fingerprint density at radius 2 is 1.75 bits per heavy atom. The van der Waals surface area contributed by atoms with E-state index in [0.717, 1.165) is 19.6 Å². The molecule has 0 aliphatic heterocycles. The normalized spacial score (nSPS) is 10.9. The molecule has 20 heavy (non-hydrogen) atoms. The monoisotopic (exact) mass is 271 g/mol. The van der Waals surface area contributed by atoms with Crippen molar-refractivity contribution in [1.82, 2.24) is 9.47 Å². The third-order valence-electron chi connectivity index (χ3n) is 3.25. The molecule has 4 heteroatoms. The summed E-state index contributed by atoms with van der Waals surface area (Å²) in [4.78, 5) is 13.9. The van der Waals surface area contributed by atoms with Crippen LogP contribution in [0.15, 0.2) is 59.5 Å². The van der Waals surface area contributed by atoms with Gasteiger partial charge < -0.3 is 10.3 Å². The predicted octanol–water partition coefficient (Wildman–Crippen LogP) is 1.31. The third kappa shape index (κ3) is 4.33. The number of benzene rings is 1. The highest BCUT2D eigenvalue weighted by Crippen LogP contribution is 2.04. The lowest BCUT2D eigenvalue weighted by Crippen LogP contribution is -2.33.